The second-order valence-corrected chi connectivity index (χ2v) is 10.7. The Morgan fingerprint density at radius 1 is 0.739 bits per heavy atom. The van der Waals surface area contributed by atoms with Crippen LogP contribution in [-0.2, 0) is 0 Å². The van der Waals surface area contributed by atoms with Gasteiger partial charge in [0.15, 0.2) is 0 Å². The molecule has 0 bridgehead atoms. The molecule has 0 radical (unpaired) electrons. The number of hydrogen-bond donors (Lipinski definition) is 0. The lowest BCUT2D eigenvalue weighted by Crippen LogP contribution is -2.48. The zero-order chi connectivity index (χ0) is 16.1. The van der Waals surface area contributed by atoms with Crippen LogP contribution in [0.5, 0.6) is 0 Å². The Kier molecular flexibility index (Phi) is 4.34. The molecule has 0 aromatic heterocycles. The Morgan fingerprint density at radius 3 is 2.22 bits per heavy atom. The van der Waals surface area contributed by atoms with E-state index in [2.05, 4.69) is 20.8 Å². The summed E-state index contributed by atoms with van der Waals surface area (Å²) in [7, 11) is 0. The first kappa shape index (κ1) is 16.5. The van der Waals surface area contributed by atoms with Crippen LogP contribution in [0, 0.1) is 40.4 Å². The van der Waals surface area contributed by atoms with E-state index < -0.39 is 0 Å². The molecule has 0 heterocycles. The first-order valence-electron chi connectivity index (χ1n) is 11.0. The SMILES string of the molecule is CC1(C(C)(C)C2CCCC3CC4CCCCC4C32)CCCCC1. The molecule has 132 valence electrons. The van der Waals surface area contributed by atoms with Gasteiger partial charge < -0.3 is 0 Å². The highest BCUT2D eigenvalue weighted by atomic mass is 14.6. The van der Waals surface area contributed by atoms with Gasteiger partial charge in [0, 0.05) is 0 Å². The lowest BCUT2D eigenvalue weighted by atomic mass is 9.49. The van der Waals surface area contributed by atoms with Gasteiger partial charge >= 0.3 is 0 Å². The van der Waals surface area contributed by atoms with E-state index in [0.29, 0.717) is 10.8 Å². The molecule has 4 aliphatic carbocycles. The van der Waals surface area contributed by atoms with Gasteiger partial charge in [-0.3, -0.25) is 0 Å². The van der Waals surface area contributed by atoms with Crippen LogP contribution in [0.3, 0.4) is 0 Å². The summed E-state index contributed by atoms with van der Waals surface area (Å²) in [5.74, 6) is 5.47. The highest BCUT2D eigenvalue weighted by molar-refractivity contribution is 5.05. The molecule has 0 spiro atoms. The van der Waals surface area contributed by atoms with Crippen molar-refractivity contribution >= 4 is 0 Å². The lowest BCUT2D eigenvalue weighted by Gasteiger charge is -2.56. The molecule has 0 heteroatoms. The summed E-state index contributed by atoms with van der Waals surface area (Å²) < 4.78 is 0. The maximum Gasteiger partial charge on any atom is -0.0269 e. The van der Waals surface area contributed by atoms with Crippen LogP contribution in [0.2, 0.25) is 0 Å². The minimum absolute atomic E-state index is 0.559. The van der Waals surface area contributed by atoms with E-state index in [0.717, 1.165) is 29.6 Å². The molecule has 0 aromatic rings. The van der Waals surface area contributed by atoms with E-state index >= 15 is 0 Å². The molecule has 5 unspecified atom stereocenters. The Bertz CT molecular complexity index is 414. The van der Waals surface area contributed by atoms with E-state index in [1.54, 1.807) is 32.1 Å². The average Bonchev–Trinajstić information content (AvgIpc) is 2.94. The van der Waals surface area contributed by atoms with Crippen molar-refractivity contribution in [1.29, 1.82) is 0 Å². The highest BCUT2D eigenvalue weighted by Crippen LogP contribution is 2.64. The van der Waals surface area contributed by atoms with Crippen LogP contribution in [0.25, 0.3) is 0 Å². The highest BCUT2D eigenvalue weighted by Gasteiger charge is 2.55. The van der Waals surface area contributed by atoms with Gasteiger partial charge in [-0.1, -0.05) is 72.1 Å². The molecule has 5 atom stereocenters. The van der Waals surface area contributed by atoms with Crippen molar-refractivity contribution in [2.75, 3.05) is 0 Å². The second kappa shape index (κ2) is 6.06. The molecule has 4 fully saturated rings. The Balaban J connectivity index is 1.61. The van der Waals surface area contributed by atoms with Gasteiger partial charge in [0.05, 0.1) is 0 Å². The minimum Gasteiger partial charge on any atom is -0.0591 e. The van der Waals surface area contributed by atoms with Gasteiger partial charge in [0.1, 0.15) is 0 Å². The van der Waals surface area contributed by atoms with Crippen LogP contribution in [0.4, 0.5) is 0 Å². The van der Waals surface area contributed by atoms with Crippen molar-refractivity contribution in [3.05, 3.63) is 0 Å². The summed E-state index contributed by atoms with van der Waals surface area (Å²) in [6.45, 7) is 8.06. The van der Waals surface area contributed by atoms with Crippen molar-refractivity contribution in [3.63, 3.8) is 0 Å². The van der Waals surface area contributed by atoms with Crippen LogP contribution in [0.1, 0.15) is 104 Å². The molecule has 0 aliphatic heterocycles. The summed E-state index contributed by atoms with van der Waals surface area (Å²) in [6, 6.07) is 0. The van der Waals surface area contributed by atoms with Gasteiger partial charge in [-0.05, 0) is 72.5 Å². The molecule has 0 aromatic carbocycles. The van der Waals surface area contributed by atoms with E-state index in [1.165, 1.54) is 51.4 Å². The van der Waals surface area contributed by atoms with Crippen molar-refractivity contribution in [2.24, 2.45) is 40.4 Å². The molecule has 4 aliphatic rings. The average molecular weight is 317 g/mol. The summed E-state index contributed by atoms with van der Waals surface area (Å²) in [5, 5.41) is 0. The quantitative estimate of drug-likeness (QED) is 0.504. The fourth-order valence-electron chi connectivity index (χ4n) is 7.93. The Labute approximate surface area is 145 Å². The summed E-state index contributed by atoms with van der Waals surface area (Å²) >= 11 is 0. The molecule has 4 saturated carbocycles. The second-order valence-electron chi connectivity index (χ2n) is 10.7. The molecular formula is C23H40. The summed E-state index contributed by atoms with van der Waals surface area (Å²) in [6.07, 6.45) is 20.0. The number of hydrogen-bond acceptors (Lipinski definition) is 0. The van der Waals surface area contributed by atoms with Crippen molar-refractivity contribution in [2.45, 2.75) is 104 Å². The van der Waals surface area contributed by atoms with Crippen LogP contribution in [-0.4, -0.2) is 0 Å². The van der Waals surface area contributed by atoms with E-state index in [9.17, 15) is 0 Å². The minimum atomic E-state index is 0.559. The molecule has 0 N–H and O–H groups in total. The summed E-state index contributed by atoms with van der Waals surface area (Å²) in [5.41, 5.74) is 1.17. The third kappa shape index (κ3) is 2.62. The maximum absolute atomic E-state index is 2.70. The first-order chi connectivity index (χ1) is 11.0. The van der Waals surface area contributed by atoms with Crippen LogP contribution >= 0.6 is 0 Å². The third-order valence-electron chi connectivity index (χ3n) is 9.61. The zero-order valence-corrected chi connectivity index (χ0v) is 16.1. The maximum atomic E-state index is 2.70. The lowest BCUT2D eigenvalue weighted by molar-refractivity contribution is -0.0682. The number of rotatable bonds is 2. The summed E-state index contributed by atoms with van der Waals surface area (Å²) in [4.78, 5) is 0. The van der Waals surface area contributed by atoms with E-state index in [1.807, 2.05) is 0 Å². The van der Waals surface area contributed by atoms with Crippen molar-refractivity contribution in [3.8, 4) is 0 Å². The standard InChI is InChI=1S/C23H40/c1-22(2,23(3)14-7-4-8-15-23)20-13-9-11-18-16-17-10-5-6-12-19(17)21(18)20/h17-21H,4-16H2,1-3H3. The van der Waals surface area contributed by atoms with E-state index in [4.69, 9.17) is 0 Å². The molecule has 0 saturated heterocycles. The topological polar surface area (TPSA) is 0 Å². The van der Waals surface area contributed by atoms with Gasteiger partial charge in [0.2, 0.25) is 0 Å². The van der Waals surface area contributed by atoms with Gasteiger partial charge in [-0.15, -0.1) is 0 Å². The fraction of sp³-hybridized carbons (Fsp3) is 1.00. The van der Waals surface area contributed by atoms with E-state index in [-0.39, 0.29) is 0 Å². The van der Waals surface area contributed by atoms with Crippen LogP contribution < -0.4 is 0 Å². The largest absolute Gasteiger partial charge is 0.0591 e. The molecule has 23 heavy (non-hydrogen) atoms. The van der Waals surface area contributed by atoms with Crippen LogP contribution in [0.15, 0.2) is 0 Å². The first-order valence-corrected chi connectivity index (χ1v) is 11.0. The Hall–Kier alpha value is 0. The number of fused-ring (bicyclic) bond motifs is 3. The normalized spacial score (nSPS) is 43.7. The predicted molar refractivity (Wildman–Crippen MR) is 99.4 cm³/mol. The zero-order valence-electron chi connectivity index (χ0n) is 16.1. The van der Waals surface area contributed by atoms with Gasteiger partial charge in [-0.25, -0.2) is 0 Å². The molecule has 0 amide bonds. The van der Waals surface area contributed by atoms with Crippen molar-refractivity contribution < 1.29 is 0 Å². The smallest absolute Gasteiger partial charge is 0.0269 e. The molecular weight excluding hydrogens is 276 g/mol. The van der Waals surface area contributed by atoms with Gasteiger partial charge in [0.25, 0.3) is 0 Å². The Morgan fingerprint density at radius 2 is 1.43 bits per heavy atom. The van der Waals surface area contributed by atoms with Crippen molar-refractivity contribution in [1.82, 2.24) is 0 Å². The fourth-order valence-corrected chi connectivity index (χ4v) is 7.93. The molecule has 4 rings (SSSR count). The van der Waals surface area contributed by atoms with Gasteiger partial charge in [-0.2, -0.15) is 0 Å². The third-order valence-corrected chi connectivity index (χ3v) is 9.61. The molecule has 0 nitrogen and oxygen atoms in total. The predicted octanol–water partition coefficient (Wildman–Crippen LogP) is 7.23. The monoisotopic (exact) mass is 316 g/mol.